The summed E-state index contributed by atoms with van der Waals surface area (Å²) in [5.74, 6) is 0.258. The van der Waals surface area contributed by atoms with Crippen molar-refractivity contribution in [1.82, 2.24) is 5.32 Å². The van der Waals surface area contributed by atoms with Gasteiger partial charge in [0.2, 0.25) is 0 Å². The summed E-state index contributed by atoms with van der Waals surface area (Å²) < 4.78 is 0. The normalized spacial score (nSPS) is 26.7. The van der Waals surface area contributed by atoms with E-state index in [2.05, 4.69) is 5.32 Å². The number of nitrogens with one attached hydrogen (secondary N) is 1. The number of hydrogen-bond acceptors (Lipinski definition) is 3. The van der Waals surface area contributed by atoms with Crippen LogP contribution < -0.4 is 5.32 Å². The Bertz CT molecular complexity index is 233. The van der Waals surface area contributed by atoms with Gasteiger partial charge in [0.15, 0.2) is 0 Å². The smallest absolute Gasteiger partial charge is 0.303 e. The van der Waals surface area contributed by atoms with Gasteiger partial charge in [0, 0.05) is 19.1 Å². The number of carboxylic acid groups (broad SMARTS) is 1. The predicted octanol–water partition coefficient (Wildman–Crippen LogP) is 1.63. The van der Waals surface area contributed by atoms with Gasteiger partial charge < -0.3 is 15.5 Å². The van der Waals surface area contributed by atoms with Crippen molar-refractivity contribution >= 4 is 5.97 Å². The highest BCUT2D eigenvalue weighted by Crippen LogP contribution is 2.29. The molecule has 4 heteroatoms. The molecule has 0 bridgehead atoms. The molecule has 0 radical (unpaired) electrons. The molecule has 1 aliphatic carbocycles. The van der Waals surface area contributed by atoms with Gasteiger partial charge in [-0.1, -0.05) is 12.8 Å². The lowest BCUT2D eigenvalue weighted by molar-refractivity contribution is -0.137. The molecule has 0 saturated heterocycles. The van der Waals surface area contributed by atoms with Crippen LogP contribution in [0.15, 0.2) is 0 Å². The van der Waals surface area contributed by atoms with E-state index in [-0.39, 0.29) is 19.1 Å². The van der Waals surface area contributed by atoms with Gasteiger partial charge in [-0.2, -0.15) is 0 Å². The fourth-order valence-electron chi connectivity index (χ4n) is 2.59. The number of rotatable bonds is 7. The van der Waals surface area contributed by atoms with Crippen LogP contribution in [0.3, 0.4) is 0 Å². The zero-order valence-corrected chi connectivity index (χ0v) is 10.7. The molecule has 3 unspecified atom stereocenters. The van der Waals surface area contributed by atoms with Gasteiger partial charge in [-0.25, -0.2) is 0 Å². The van der Waals surface area contributed by atoms with Gasteiger partial charge in [0.05, 0.1) is 0 Å². The van der Waals surface area contributed by atoms with Gasteiger partial charge in [-0.15, -0.1) is 0 Å². The summed E-state index contributed by atoms with van der Waals surface area (Å²) in [6.45, 7) is 3.22. The summed E-state index contributed by atoms with van der Waals surface area (Å²) >= 11 is 0. The van der Waals surface area contributed by atoms with E-state index in [1.807, 2.05) is 6.92 Å². The van der Waals surface area contributed by atoms with E-state index in [1.165, 1.54) is 19.3 Å². The summed E-state index contributed by atoms with van der Waals surface area (Å²) in [5, 5.41) is 21.3. The summed E-state index contributed by atoms with van der Waals surface area (Å²) in [6.07, 6.45) is 5.70. The van der Waals surface area contributed by atoms with Gasteiger partial charge in [-0.3, -0.25) is 4.79 Å². The van der Waals surface area contributed by atoms with Crippen LogP contribution in [0.1, 0.15) is 45.4 Å². The molecule has 3 atom stereocenters. The quantitative estimate of drug-likeness (QED) is 0.635. The van der Waals surface area contributed by atoms with Crippen LogP contribution in [-0.2, 0) is 4.79 Å². The molecule has 1 fully saturated rings. The van der Waals surface area contributed by atoms with Crippen molar-refractivity contribution in [1.29, 1.82) is 0 Å². The maximum atomic E-state index is 10.4. The fourth-order valence-corrected chi connectivity index (χ4v) is 2.59. The minimum absolute atomic E-state index is 0.224. The van der Waals surface area contributed by atoms with E-state index >= 15 is 0 Å². The molecule has 0 aromatic rings. The van der Waals surface area contributed by atoms with E-state index < -0.39 is 5.97 Å². The van der Waals surface area contributed by atoms with Crippen molar-refractivity contribution < 1.29 is 15.0 Å². The number of aliphatic hydroxyl groups excluding tert-OH is 1. The first-order chi connectivity index (χ1) is 8.13. The monoisotopic (exact) mass is 243 g/mol. The minimum atomic E-state index is -0.732. The summed E-state index contributed by atoms with van der Waals surface area (Å²) in [7, 11) is 0. The van der Waals surface area contributed by atoms with Crippen LogP contribution in [0.5, 0.6) is 0 Å². The van der Waals surface area contributed by atoms with Crippen molar-refractivity contribution in [2.75, 3.05) is 13.2 Å². The summed E-state index contributed by atoms with van der Waals surface area (Å²) in [4.78, 5) is 10.4. The fraction of sp³-hybridized carbons (Fsp3) is 0.923. The summed E-state index contributed by atoms with van der Waals surface area (Å²) in [6, 6.07) is 0.243. The lowest BCUT2D eigenvalue weighted by atomic mass is 9.79. The molecule has 17 heavy (non-hydrogen) atoms. The Labute approximate surface area is 103 Å². The molecule has 0 heterocycles. The Balaban J connectivity index is 2.21. The Kier molecular flexibility index (Phi) is 6.52. The second-order valence-electron chi connectivity index (χ2n) is 5.23. The van der Waals surface area contributed by atoms with Crippen LogP contribution in [0.4, 0.5) is 0 Å². The van der Waals surface area contributed by atoms with Crippen LogP contribution in [0, 0.1) is 11.8 Å². The van der Waals surface area contributed by atoms with Crippen molar-refractivity contribution in [3.63, 3.8) is 0 Å². The Hall–Kier alpha value is -0.610. The molecular weight excluding hydrogens is 218 g/mol. The maximum absolute atomic E-state index is 10.4. The lowest BCUT2D eigenvalue weighted by Crippen LogP contribution is -2.36. The minimum Gasteiger partial charge on any atom is -0.481 e. The van der Waals surface area contributed by atoms with E-state index in [9.17, 15) is 9.90 Å². The third-order valence-electron chi connectivity index (χ3n) is 3.82. The standard InChI is InChI=1S/C13H25NO3/c1-10(6-7-13(16)17)14-8-11-4-2-3-5-12(11)9-15/h10-12,14-15H,2-9H2,1H3,(H,16,17). The average Bonchev–Trinajstić information content (AvgIpc) is 2.34. The van der Waals surface area contributed by atoms with Crippen LogP contribution in [0.2, 0.25) is 0 Å². The van der Waals surface area contributed by atoms with Crippen molar-refractivity contribution in [3.05, 3.63) is 0 Å². The molecule has 1 saturated carbocycles. The van der Waals surface area contributed by atoms with Crippen LogP contribution in [-0.4, -0.2) is 35.4 Å². The number of aliphatic hydroxyl groups is 1. The maximum Gasteiger partial charge on any atom is 0.303 e. The topological polar surface area (TPSA) is 69.6 Å². The highest BCUT2D eigenvalue weighted by atomic mass is 16.4. The molecule has 1 rings (SSSR count). The molecule has 1 aliphatic rings. The van der Waals surface area contributed by atoms with Crippen LogP contribution >= 0.6 is 0 Å². The molecular formula is C13H25NO3. The first-order valence-electron chi connectivity index (χ1n) is 6.69. The first kappa shape index (κ1) is 14.5. The largest absolute Gasteiger partial charge is 0.481 e. The molecule has 0 amide bonds. The third kappa shape index (κ3) is 5.50. The van der Waals surface area contributed by atoms with E-state index in [0.29, 0.717) is 18.3 Å². The van der Waals surface area contributed by atoms with Crippen molar-refractivity contribution in [2.24, 2.45) is 11.8 Å². The van der Waals surface area contributed by atoms with E-state index in [1.54, 1.807) is 0 Å². The SMILES string of the molecule is CC(CCC(=O)O)NCC1CCCCC1CO. The molecule has 0 aromatic heterocycles. The highest BCUT2D eigenvalue weighted by Gasteiger charge is 2.24. The molecule has 0 aromatic carbocycles. The zero-order valence-electron chi connectivity index (χ0n) is 10.7. The first-order valence-corrected chi connectivity index (χ1v) is 6.69. The number of hydrogen-bond donors (Lipinski definition) is 3. The van der Waals surface area contributed by atoms with Crippen molar-refractivity contribution in [3.8, 4) is 0 Å². The average molecular weight is 243 g/mol. The van der Waals surface area contributed by atoms with Gasteiger partial charge in [0.1, 0.15) is 0 Å². The van der Waals surface area contributed by atoms with Gasteiger partial charge in [-0.05, 0) is 44.6 Å². The van der Waals surface area contributed by atoms with Gasteiger partial charge >= 0.3 is 5.97 Å². The molecule has 0 spiro atoms. The zero-order chi connectivity index (χ0) is 12.7. The lowest BCUT2D eigenvalue weighted by Gasteiger charge is -2.31. The number of carbonyl (C=O) groups is 1. The molecule has 4 nitrogen and oxygen atoms in total. The second-order valence-corrected chi connectivity index (χ2v) is 5.23. The molecule has 3 N–H and O–H groups in total. The Morgan fingerprint density at radius 1 is 1.35 bits per heavy atom. The molecule has 0 aliphatic heterocycles. The van der Waals surface area contributed by atoms with E-state index in [0.717, 1.165) is 13.0 Å². The number of carboxylic acids is 1. The highest BCUT2D eigenvalue weighted by molar-refractivity contribution is 5.66. The van der Waals surface area contributed by atoms with Gasteiger partial charge in [0.25, 0.3) is 0 Å². The summed E-state index contributed by atoms with van der Waals surface area (Å²) in [5.41, 5.74) is 0. The Morgan fingerprint density at radius 2 is 2.00 bits per heavy atom. The third-order valence-corrected chi connectivity index (χ3v) is 3.82. The van der Waals surface area contributed by atoms with E-state index in [4.69, 9.17) is 5.11 Å². The Morgan fingerprint density at radius 3 is 2.59 bits per heavy atom. The molecule has 100 valence electrons. The predicted molar refractivity (Wildman–Crippen MR) is 66.9 cm³/mol. The second kappa shape index (κ2) is 7.67. The van der Waals surface area contributed by atoms with Crippen molar-refractivity contribution in [2.45, 2.75) is 51.5 Å². The number of aliphatic carboxylic acids is 1. The van der Waals surface area contributed by atoms with Crippen LogP contribution in [0.25, 0.3) is 0 Å².